The molecular weight excluding hydrogens is 356 g/mol. The third-order valence-corrected chi connectivity index (χ3v) is 6.01. The van der Waals surface area contributed by atoms with Crippen molar-refractivity contribution in [1.82, 2.24) is 0 Å². The molecule has 0 aliphatic heterocycles. The van der Waals surface area contributed by atoms with Crippen molar-refractivity contribution in [2.24, 2.45) is 0 Å². The first-order valence-corrected chi connectivity index (χ1v) is 10.1. The minimum atomic E-state index is 0.449. The highest BCUT2D eigenvalue weighted by Crippen LogP contribution is 2.31. The number of rotatable bonds is 6. The first-order chi connectivity index (χ1) is 12.8. The Morgan fingerprint density at radius 2 is 1.23 bits per heavy atom. The fraction of sp³-hybridized carbons (Fsp3) is 0.0909. The van der Waals surface area contributed by atoms with Crippen LogP contribution in [0.4, 0.5) is 0 Å². The molecule has 0 bridgehead atoms. The molecule has 0 saturated carbocycles. The van der Waals surface area contributed by atoms with E-state index in [9.17, 15) is 10.5 Å². The summed E-state index contributed by atoms with van der Waals surface area (Å²) in [5.41, 5.74) is 3.02. The lowest BCUT2D eigenvalue weighted by Crippen LogP contribution is -1.99. The second-order valence-electron chi connectivity index (χ2n) is 5.55. The van der Waals surface area contributed by atoms with Gasteiger partial charge in [-0.25, -0.2) is 0 Å². The number of benzene rings is 3. The second-order valence-corrected chi connectivity index (χ2v) is 7.65. The molecule has 2 nitrogen and oxygen atoms in total. The van der Waals surface area contributed by atoms with E-state index in [1.54, 1.807) is 29.6 Å². The van der Waals surface area contributed by atoms with Crippen molar-refractivity contribution in [3.05, 3.63) is 95.1 Å². The van der Waals surface area contributed by atoms with Gasteiger partial charge in [0.25, 0.3) is 0 Å². The summed E-state index contributed by atoms with van der Waals surface area (Å²) in [5.74, 6) is 1.45. The van der Waals surface area contributed by atoms with Crippen LogP contribution in [-0.2, 0) is 11.5 Å². The third-order valence-electron chi connectivity index (χ3n) is 3.91. The highest BCUT2D eigenvalue weighted by molar-refractivity contribution is 7.99. The molecule has 0 amide bonds. The first kappa shape index (κ1) is 18.1. The average Bonchev–Trinajstić information content (AvgIpc) is 2.71. The third kappa shape index (κ3) is 4.49. The molecule has 0 spiro atoms. The molecule has 26 heavy (non-hydrogen) atoms. The quantitative estimate of drug-likeness (QED) is 0.497. The van der Waals surface area contributed by atoms with Gasteiger partial charge < -0.3 is 0 Å². The Morgan fingerprint density at radius 1 is 0.654 bits per heavy atom. The van der Waals surface area contributed by atoms with Gasteiger partial charge in [-0.1, -0.05) is 42.5 Å². The number of nitriles is 2. The van der Waals surface area contributed by atoms with Crippen LogP contribution in [0.1, 0.15) is 22.3 Å². The zero-order valence-electron chi connectivity index (χ0n) is 14.1. The number of thioether (sulfide) groups is 2. The molecule has 0 atom stereocenters. The summed E-state index contributed by atoms with van der Waals surface area (Å²) in [4.78, 5) is 2.34. The normalized spacial score (nSPS) is 10.1. The molecule has 3 rings (SSSR count). The lowest BCUT2D eigenvalue weighted by molar-refractivity contribution is 1.23. The molecule has 0 heterocycles. The van der Waals surface area contributed by atoms with Crippen molar-refractivity contribution in [2.75, 3.05) is 0 Å². The highest BCUT2D eigenvalue weighted by atomic mass is 32.2. The molecule has 0 saturated heterocycles. The predicted molar refractivity (Wildman–Crippen MR) is 108 cm³/mol. The summed E-state index contributed by atoms with van der Waals surface area (Å²) < 4.78 is 0. The van der Waals surface area contributed by atoms with Crippen LogP contribution in [0.3, 0.4) is 0 Å². The zero-order valence-corrected chi connectivity index (χ0v) is 15.7. The van der Waals surface area contributed by atoms with Crippen LogP contribution in [-0.4, -0.2) is 0 Å². The Bertz CT molecular complexity index is 955. The van der Waals surface area contributed by atoms with Gasteiger partial charge in [0, 0.05) is 21.3 Å². The van der Waals surface area contributed by atoms with E-state index in [0.717, 1.165) is 21.8 Å². The summed E-state index contributed by atoms with van der Waals surface area (Å²) in [6.07, 6.45) is 0. The fourth-order valence-corrected chi connectivity index (χ4v) is 4.49. The van der Waals surface area contributed by atoms with Gasteiger partial charge in [-0.05, 0) is 41.5 Å². The van der Waals surface area contributed by atoms with E-state index in [1.807, 2.05) is 42.5 Å². The molecule has 0 N–H and O–H groups in total. The van der Waals surface area contributed by atoms with Gasteiger partial charge in [-0.2, -0.15) is 10.5 Å². The van der Waals surface area contributed by atoms with E-state index in [0.29, 0.717) is 16.9 Å². The van der Waals surface area contributed by atoms with E-state index in [4.69, 9.17) is 0 Å². The maximum atomic E-state index is 9.62. The van der Waals surface area contributed by atoms with Gasteiger partial charge in [-0.3, -0.25) is 0 Å². The maximum absolute atomic E-state index is 9.62. The molecule has 0 aliphatic rings. The standard InChI is InChI=1S/C22H16N2S2/c23-13-17-11-12-18(15-25-19-7-3-1-4-8-19)22(21(17)14-24)16-26-20-9-5-2-6-10-20/h1-12H,15-16H2. The van der Waals surface area contributed by atoms with E-state index >= 15 is 0 Å². The Kier molecular flexibility index (Phi) is 6.39. The number of nitrogens with zero attached hydrogens (tertiary/aromatic N) is 2. The van der Waals surface area contributed by atoms with Crippen LogP contribution >= 0.6 is 23.5 Å². The molecular formula is C22H16N2S2. The molecule has 0 radical (unpaired) electrons. The van der Waals surface area contributed by atoms with Crippen LogP contribution in [0.5, 0.6) is 0 Å². The molecule has 4 heteroatoms. The summed E-state index contributed by atoms with van der Waals surface area (Å²) in [6, 6.07) is 28.5. The number of hydrogen-bond acceptors (Lipinski definition) is 4. The van der Waals surface area contributed by atoms with Crippen molar-refractivity contribution in [3.63, 3.8) is 0 Å². The molecule has 0 aromatic heterocycles. The van der Waals surface area contributed by atoms with Crippen LogP contribution in [0.2, 0.25) is 0 Å². The molecule has 126 valence electrons. The minimum absolute atomic E-state index is 0.449. The Labute approximate surface area is 162 Å². The van der Waals surface area contributed by atoms with Gasteiger partial charge in [0.1, 0.15) is 12.1 Å². The van der Waals surface area contributed by atoms with Crippen LogP contribution in [0, 0.1) is 22.7 Å². The van der Waals surface area contributed by atoms with E-state index in [2.05, 4.69) is 36.4 Å². The van der Waals surface area contributed by atoms with E-state index < -0.39 is 0 Å². The lowest BCUT2D eigenvalue weighted by atomic mass is 9.99. The van der Waals surface area contributed by atoms with Crippen molar-refractivity contribution in [2.45, 2.75) is 21.3 Å². The molecule has 3 aromatic carbocycles. The van der Waals surface area contributed by atoms with Crippen LogP contribution in [0.25, 0.3) is 0 Å². The minimum Gasteiger partial charge on any atom is -0.192 e. The van der Waals surface area contributed by atoms with Crippen molar-refractivity contribution >= 4 is 23.5 Å². The van der Waals surface area contributed by atoms with Crippen molar-refractivity contribution in [1.29, 1.82) is 10.5 Å². The zero-order chi connectivity index (χ0) is 18.2. The smallest absolute Gasteiger partial charge is 0.101 e. The number of hydrogen-bond donors (Lipinski definition) is 0. The van der Waals surface area contributed by atoms with Crippen molar-refractivity contribution < 1.29 is 0 Å². The Balaban J connectivity index is 1.88. The Morgan fingerprint density at radius 3 is 1.77 bits per heavy atom. The fourth-order valence-electron chi connectivity index (χ4n) is 2.56. The highest BCUT2D eigenvalue weighted by Gasteiger charge is 2.14. The summed E-state index contributed by atoms with van der Waals surface area (Å²) >= 11 is 3.43. The van der Waals surface area contributed by atoms with Crippen LogP contribution in [0.15, 0.2) is 82.6 Å². The molecule has 3 aromatic rings. The summed E-state index contributed by atoms with van der Waals surface area (Å²) in [5, 5.41) is 19.0. The largest absolute Gasteiger partial charge is 0.192 e. The SMILES string of the molecule is N#Cc1ccc(CSc2ccccc2)c(CSc2ccccc2)c1C#N. The van der Waals surface area contributed by atoms with Gasteiger partial charge >= 0.3 is 0 Å². The van der Waals surface area contributed by atoms with Gasteiger partial charge in [0.2, 0.25) is 0 Å². The Hall–Kier alpha value is -2.66. The molecule has 0 unspecified atom stereocenters. The summed E-state index contributed by atoms with van der Waals surface area (Å²) in [6.45, 7) is 0. The monoisotopic (exact) mass is 372 g/mol. The topological polar surface area (TPSA) is 47.6 Å². The van der Waals surface area contributed by atoms with Gasteiger partial charge in [0.05, 0.1) is 11.1 Å². The van der Waals surface area contributed by atoms with E-state index in [1.165, 1.54) is 4.90 Å². The predicted octanol–water partition coefficient (Wildman–Crippen LogP) is 6.01. The summed E-state index contributed by atoms with van der Waals surface area (Å²) in [7, 11) is 0. The van der Waals surface area contributed by atoms with Gasteiger partial charge in [0.15, 0.2) is 0 Å². The molecule has 0 aliphatic carbocycles. The van der Waals surface area contributed by atoms with Crippen LogP contribution < -0.4 is 0 Å². The first-order valence-electron chi connectivity index (χ1n) is 8.12. The molecule has 0 fully saturated rings. The van der Waals surface area contributed by atoms with Crippen molar-refractivity contribution in [3.8, 4) is 12.1 Å². The second kappa shape index (κ2) is 9.15. The van der Waals surface area contributed by atoms with Gasteiger partial charge in [-0.15, -0.1) is 23.5 Å². The maximum Gasteiger partial charge on any atom is 0.101 e. The average molecular weight is 373 g/mol. The lowest BCUT2D eigenvalue weighted by Gasteiger charge is -2.12. The van der Waals surface area contributed by atoms with E-state index in [-0.39, 0.29) is 0 Å².